The predicted molar refractivity (Wildman–Crippen MR) is 110 cm³/mol. The summed E-state index contributed by atoms with van der Waals surface area (Å²) in [6.45, 7) is 4.29. The van der Waals surface area contributed by atoms with Gasteiger partial charge in [-0.3, -0.25) is 9.59 Å². The molecule has 0 unspecified atom stereocenters. The molecule has 2 amide bonds. The lowest BCUT2D eigenvalue weighted by atomic mass is 10.1. The van der Waals surface area contributed by atoms with E-state index in [2.05, 4.69) is 17.2 Å². The first-order valence-corrected chi connectivity index (χ1v) is 10.7. The van der Waals surface area contributed by atoms with Crippen molar-refractivity contribution in [1.82, 2.24) is 14.9 Å². The van der Waals surface area contributed by atoms with Gasteiger partial charge in [-0.05, 0) is 42.3 Å². The zero-order chi connectivity index (χ0) is 20.9. The molecule has 0 spiro atoms. The minimum atomic E-state index is -3.65. The molecule has 1 saturated heterocycles. The van der Waals surface area contributed by atoms with Crippen LogP contribution in [0.3, 0.4) is 0 Å². The summed E-state index contributed by atoms with van der Waals surface area (Å²) in [5, 5.41) is 5.49. The largest absolute Gasteiger partial charge is 0.352 e. The number of amides is 2. The third kappa shape index (κ3) is 5.10. The van der Waals surface area contributed by atoms with Crippen molar-refractivity contribution in [1.29, 1.82) is 0 Å². The first-order chi connectivity index (χ1) is 13.9. The average molecular weight is 413 g/mol. The highest BCUT2D eigenvalue weighted by molar-refractivity contribution is 7.89. The van der Waals surface area contributed by atoms with Crippen molar-refractivity contribution in [2.45, 2.75) is 17.4 Å². The standard InChI is InChI=1S/C21H23N3O4S/c1-2-20(25)23-18-14-24(15-18)29(27,28)19-10-8-17(9-11-19)21(26)22-13-12-16-6-4-3-5-7-16/h2-11,18H,1,12-15H2,(H,22,26)(H,23,25). The van der Waals surface area contributed by atoms with Crippen LogP contribution in [0.2, 0.25) is 0 Å². The van der Waals surface area contributed by atoms with Gasteiger partial charge in [-0.1, -0.05) is 36.9 Å². The third-order valence-corrected chi connectivity index (χ3v) is 6.52. The quantitative estimate of drug-likeness (QED) is 0.639. The summed E-state index contributed by atoms with van der Waals surface area (Å²) in [7, 11) is -3.65. The van der Waals surface area contributed by atoms with Gasteiger partial charge < -0.3 is 10.6 Å². The number of sulfonamides is 1. The summed E-state index contributed by atoms with van der Waals surface area (Å²) in [6.07, 6.45) is 1.87. The van der Waals surface area contributed by atoms with Gasteiger partial charge in [-0.2, -0.15) is 4.31 Å². The van der Waals surface area contributed by atoms with E-state index in [4.69, 9.17) is 0 Å². The fraction of sp³-hybridized carbons (Fsp3) is 0.238. The summed E-state index contributed by atoms with van der Waals surface area (Å²) in [5.74, 6) is -0.573. The molecule has 1 heterocycles. The number of carbonyl (C=O) groups excluding carboxylic acids is 2. The van der Waals surface area contributed by atoms with Crippen LogP contribution >= 0.6 is 0 Å². The van der Waals surface area contributed by atoms with E-state index in [1.54, 1.807) is 0 Å². The van der Waals surface area contributed by atoms with Crippen LogP contribution in [0.5, 0.6) is 0 Å². The van der Waals surface area contributed by atoms with E-state index in [9.17, 15) is 18.0 Å². The van der Waals surface area contributed by atoms with E-state index in [1.807, 2.05) is 30.3 Å². The molecule has 2 aromatic rings. The summed E-state index contributed by atoms with van der Waals surface area (Å²) in [4.78, 5) is 23.6. The number of hydrogen-bond acceptors (Lipinski definition) is 4. The molecule has 152 valence electrons. The predicted octanol–water partition coefficient (Wildman–Crippen LogP) is 1.33. The molecule has 2 N–H and O–H groups in total. The summed E-state index contributed by atoms with van der Waals surface area (Å²) in [6, 6.07) is 15.5. The molecule has 1 aliphatic rings. The van der Waals surface area contributed by atoms with Crippen molar-refractivity contribution >= 4 is 21.8 Å². The Hall–Kier alpha value is -2.97. The van der Waals surface area contributed by atoms with E-state index in [0.29, 0.717) is 12.1 Å². The molecule has 7 nitrogen and oxygen atoms in total. The average Bonchev–Trinajstić information content (AvgIpc) is 2.70. The van der Waals surface area contributed by atoms with Crippen molar-refractivity contribution in [2.24, 2.45) is 0 Å². The molecule has 0 atom stereocenters. The van der Waals surface area contributed by atoms with Crippen LogP contribution in [0, 0.1) is 0 Å². The van der Waals surface area contributed by atoms with Crippen molar-refractivity contribution in [2.75, 3.05) is 19.6 Å². The molecule has 3 rings (SSSR count). The van der Waals surface area contributed by atoms with Gasteiger partial charge in [0.25, 0.3) is 5.91 Å². The third-order valence-electron chi connectivity index (χ3n) is 4.68. The second-order valence-electron chi connectivity index (χ2n) is 6.75. The number of benzene rings is 2. The highest BCUT2D eigenvalue weighted by Crippen LogP contribution is 2.22. The minimum absolute atomic E-state index is 0.117. The zero-order valence-electron chi connectivity index (χ0n) is 15.9. The zero-order valence-corrected chi connectivity index (χ0v) is 16.7. The maximum Gasteiger partial charge on any atom is 0.251 e. The number of hydrogen-bond donors (Lipinski definition) is 2. The van der Waals surface area contributed by atoms with E-state index in [1.165, 1.54) is 28.6 Å². The van der Waals surface area contributed by atoms with Crippen molar-refractivity contribution in [3.05, 3.63) is 78.4 Å². The molecule has 29 heavy (non-hydrogen) atoms. The number of nitrogens with zero attached hydrogens (tertiary/aromatic N) is 1. The number of rotatable bonds is 8. The Bertz CT molecular complexity index is 982. The van der Waals surface area contributed by atoms with Gasteiger partial charge >= 0.3 is 0 Å². The lowest BCUT2D eigenvalue weighted by molar-refractivity contribution is -0.117. The second kappa shape index (κ2) is 9.02. The minimum Gasteiger partial charge on any atom is -0.352 e. The normalized spacial score (nSPS) is 14.6. The van der Waals surface area contributed by atoms with Crippen LogP contribution in [-0.2, 0) is 21.2 Å². The van der Waals surface area contributed by atoms with Gasteiger partial charge in [0.15, 0.2) is 0 Å². The Labute approximate surface area is 170 Å². The lowest BCUT2D eigenvalue weighted by Crippen LogP contribution is -2.60. The maximum absolute atomic E-state index is 12.6. The molecule has 0 aromatic heterocycles. The smallest absolute Gasteiger partial charge is 0.251 e. The number of carbonyl (C=O) groups is 2. The van der Waals surface area contributed by atoms with E-state index < -0.39 is 10.0 Å². The Balaban J connectivity index is 1.53. The van der Waals surface area contributed by atoms with Crippen LogP contribution in [0.25, 0.3) is 0 Å². The molecular formula is C21H23N3O4S. The molecule has 0 radical (unpaired) electrons. The van der Waals surface area contributed by atoms with Crippen LogP contribution in [0.4, 0.5) is 0 Å². The molecule has 0 saturated carbocycles. The van der Waals surface area contributed by atoms with Crippen LogP contribution in [0.1, 0.15) is 15.9 Å². The van der Waals surface area contributed by atoms with E-state index in [0.717, 1.165) is 18.1 Å². The summed E-state index contributed by atoms with van der Waals surface area (Å²) in [5.41, 5.74) is 1.53. The van der Waals surface area contributed by atoms with Gasteiger partial charge in [-0.15, -0.1) is 0 Å². The first-order valence-electron chi connectivity index (χ1n) is 9.25. The molecule has 8 heteroatoms. The Kier molecular flexibility index (Phi) is 6.46. The van der Waals surface area contributed by atoms with Gasteiger partial charge in [0, 0.05) is 25.2 Å². The van der Waals surface area contributed by atoms with Gasteiger partial charge in [0.1, 0.15) is 0 Å². The maximum atomic E-state index is 12.6. The van der Waals surface area contributed by atoms with E-state index >= 15 is 0 Å². The highest BCUT2D eigenvalue weighted by atomic mass is 32.2. The molecule has 1 fully saturated rings. The summed E-state index contributed by atoms with van der Waals surface area (Å²) >= 11 is 0. The molecule has 0 bridgehead atoms. The second-order valence-corrected chi connectivity index (χ2v) is 8.69. The monoisotopic (exact) mass is 413 g/mol. The fourth-order valence-electron chi connectivity index (χ4n) is 2.98. The van der Waals surface area contributed by atoms with Crippen LogP contribution in [-0.4, -0.2) is 50.2 Å². The van der Waals surface area contributed by atoms with Crippen LogP contribution in [0.15, 0.2) is 72.1 Å². The summed E-state index contributed by atoms with van der Waals surface area (Å²) < 4.78 is 26.5. The molecule has 0 aliphatic carbocycles. The highest BCUT2D eigenvalue weighted by Gasteiger charge is 2.37. The Morgan fingerprint density at radius 2 is 1.72 bits per heavy atom. The lowest BCUT2D eigenvalue weighted by Gasteiger charge is -2.38. The van der Waals surface area contributed by atoms with E-state index in [-0.39, 0.29) is 35.8 Å². The Morgan fingerprint density at radius 1 is 1.07 bits per heavy atom. The van der Waals surface area contributed by atoms with Crippen LogP contribution < -0.4 is 10.6 Å². The van der Waals surface area contributed by atoms with Crippen molar-refractivity contribution in [3.8, 4) is 0 Å². The van der Waals surface area contributed by atoms with Crippen molar-refractivity contribution in [3.63, 3.8) is 0 Å². The fourth-order valence-corrected chi connectivity index (χ4v) is 4.51. The van der Waals surface area contributed by atoms with Crippen molar-refractivity contribution < 1.29 is 18.0 Å². The molecular weight excluding hydrogens is 390 g/mol. The van der Waals surface area contributed by atoms with Gasteiger partial charge in [0.2, 0.25) is 15.9 Å². The molecule has 1 aliphatic heterocycles. The first kappa shape index (κ1) is 20.8. The SMILES string of the molecule is C=CC(=O)NC1CN(S(=O)(=O)c2ccc(C(=O)NCCc3ccccc3)cc2)C1. The number of nitrogens with one attached hydrogen (secondary N) is 2. The topological polar surface area (TPSA) is 95.6 Å². The Morgan fingerprint density at radius 3 is 2.34 bits per heavy atom. The van der Waals surface area contributed by atoms with Gasteiger partial charge in [0.05, 0.1) is 10.9 Å². The molecule has 2 aromatic carbocycles. The van der Waals surface area contributed by atoms with Gasteiger partial charge in [-0.25, -0.2) is 8.42 Å².